The minimum absolute atomic E-state index is 0.961. The monoisotopic (exact) mass is 670 g/mol. The van der Waals surface area contributed by atoms with E-state index in [1.165, 1.54) is 90.3 Å². The molecule has 0 spiro atoms. The summed E-state index contributed by atoms with van der Waals surface area (Å²) in [7, 11) is 0. The second-order valence-corrected chi connectivity index (χ2v) is 14.2. The Kier molecular flexibility index (Phi) is 19.7. The van der Waals surface area contributed by atoms with Gasteiger partial charge in [0.25, 0.3) is 0 Å². The Morgan fingerprint density at radius 3 is 1.26 bits per heavy atom. The maximum absolute atomic E-state index is 12.1. The van der Waals surface area contributed by atoms with E-state index < -0.39 is 0 Å². The molecule has 3 heteroatoms. The van der Waals surface area contributed by atoms with Gasteiger partial charge in [-0.25, -0.2) is 4.70 Å². The zero-order valence-electron chi connectivity index (χ0n) is 31.3. The van der Waals surface area contributed by atoms with E-state index in [9.17, 15) is 5.53 Å². The van der Waals surface area contributed by atoms with Gasteiger partial charge >= 0.3 is 26.2 Å². The van der Waals surface area contributed by atoms with Crippen LogP contribution < -0.4 is 0 Å². The third-order valence-corrected chi connectivity index (χ3v) is 9.18. The minimum atomic E-state index is 0.961. The molecule has 0 amide bonds. The van der Waals surface area contributed by atoms with E-state index in [4.69, 9.17) is 0 Å². The summed E-state index contributed by atoms with van der Waals surface area (Å²) in [5.74, 6) is 4.12. The number of hydrogen-bond donors (Lipinski definition) is 0. The molecule has 0 aromatic heterocycles. The molecule has 0 bridgehead atoms. The number of benzene rings is 2. The van der Waals surface area contributed by atoms with Crippen LogP contribution in [-0.2, 0) is 53.0 Å². The molecule has 0 atom stereocenters. The van der Waals surface area contributed by atoms with E-state index in [1.54, 1.807) is 30.3 Å². The Bertz CT molecular complexity index is 1230. The first kappa shape index (κ1) is 40.2. The zero-order valence-corrected chi connectivity index (χ0v) is 32.3. The van der Waals surface area contributed by atoms with E-state index in [1.807, 2.05) is 0 Å². The van der Waals surface area contributed by atoms with Crippen LogP contribution in [0.3, 0.4) is 0 Å². The number of hydrogen-bond acceptors (Lipinski definition) is 0. The predicted molar refractivity (Wildman–Crippen MR) is 200 cm³/mol. The van der Waals surface area contributed by atoms with Gasteiger partial charge in [-0.05, 0) is 122 Å². The number of allylic oxidation sites excluding steroid dienone is 2. The van der Waals surface area contributed by atoms with E-state index in [2.05, 4.69) is 90.6 Å². The summed E-state index contributed by atoms with van der Waals surface area (Å²) in [4.78, 5) is 0. The van der Waals surface area contributed by atoms with Crippen molar-refractivity contribution in [2.45, 2.75) is 176 Å². The molecular weight excluding hydrogens is 603 g/mol. The molecule has 2 aromatic rings. The Morgan fingerprint density at radius 1 is 0.500 bits per heavy atom. The Labute approximate surface area is 291 Å². The molecule has 0 saturated carbocycles. The molecular formula is C43H68N2Ni. The summed E-state index contributed by atoms with van der Waals surface area (Å²) in [5, 5.41) is 0. The molecule has 0 unspecified atom stereocenters. The number of aryl methyl sites for hydroxylation is 4. The summed E-state index contributed by atoms with van der Waals surface area (Å²) >= 11 is 1.62. The number of unbranched alkanes of at least 4 members (excludes halogenated alkanes) is 4. The molecule has 0 saturated heterocycles. The summed E-state index contributed by atoms with van der Waals surface area (Å²) in [6, 6.07) is 9.69. The standard InChI is InChI=1S/C41H62N2.2CH3.Ni/c1-8-15-18-23-35-30-40(36-26-31(19-11-4)38(24-16-9-2)32(27-36)20-12-5)43(42)41(35)37-28-33(21-13-6)39(25-17-10-3)34(29-37)22-14-7;;;/h26-30H,8-25H2,1-7H3;2*1H3;. The topological polar surface area (TPSA) is 25.3 Å². The zero-order chi connectivity index (χ0) is 33.9. The van der Waals surface area contributed by atoms with Gasteiger partial charge in [0.05, 0.1) is 0 Å². The quantitative estimate of drug-likeness (QED) is 0.0761. The summed E-state index contributed by atoms with van der Waals surface area (Å²) in [5.41, 5.74) is 26.9. The summed E-state index contributed by atoms with van der Waals surface area (Å²) in [6.45, 7) is 16.0. The van der Waals surface area contributed by atoms with Crippen LogP contribution in [0.2, 0.25) is 11.8 Å². The fourth-order valence-electron chi connectivity index (χ4n) is 7.02. The van der Waals surface area contributed by atoms with Gasteiger partial charge in [0.1, 0.15) is 0 Å². The molecule has 0 N–H and O–H groups in total. The molecule has 1 aliphatic heterocycles. The van der Waals surface area contributed by atoms with Crippen LogP contribution in [0.15, 0.2) is 35.9 Å². The van der Waals surface area contributed by atoms with Crippen molar-refractivity contribution in [3.8, 4) is 0 Å². The fourth-order valence-corrected chi connectivity index (χ4v) is 7.02. The van der Waals surface area contributed by atoms with Crippen molar-refractivity contribution >= 4 is 11.4 Å². The van der Waals surface area contributed by atoms with Crippen molar-refractivity contribution < 1.29 is 19.1 Å². The Hall–Kier alpha value is -1.99. The van der Waals surface area contributed by atoms with Gasteiger partial charge in [-0.2, -0.15) is 0 Å². The van der Waals surface area contributed by atoms with Gasteiger partial charge < -0.3 is 5.53 Å². The van der Waals surface area contributed by atoms with Gasteiger partial charge in [-0.1, -0.05) is 99.8 Å². The third kappa shape index (κ3) is 11.3. The van der Waals surface area contributed by atoms with Gasteiger partial charge in [-0.15, -0.1) is 0 Å². The van der Waals surface area contributed by atoms with Crippen LogP contribution in [0.5, 0.6) is 0 Å². The van der Waals surface area contributed by atoms with Crippen LogP contribution in [0, 0.1) is 0 Å². The van der Waals surface area contributed by atoms with Gasteiger partial charge in [-0.3, -0.25) is 0 Å². The molecule has 260 valence electrons. The second-order valence-electron chi connectivity index (χ2n) is 13.2. The van der Waals surface area contributed by atoms with Crippen molar-refractivity contribution in [2.24, 2.45) is 0 Å². The fraction of sp³-hybridized carbons (Fsp3) is 0.628. The predicted octanol–water partition coefficient (Wildman–Crippen LogP) is 13.7. The van der Waals surface area contributed by atoms with E-state index in [-0.39, 0.29) is 0 Å². The van der Waals surface area contributed by atoms with Crippen LogP contribution in [0.1, 0.15) is 170 Å². The molecule has 0 aliphatic carbocycles. The first-order valence-corrected chi connectivity index (χ1v) is 20.8. The maximum atomic E-state index is 12.1. The third-order valence-electron chi connectivity index (χ3n) is 9.18. The van der Waals surface area contributed by atoms with E-state index >= 15 is 0 Å². The Balaban J connectivity index is 0.00000236. The molecule has 2 nitrogen and oxygen atoms in total. The van der Waals surface area contributed by atoms with Gasteiger partial charge in [0, 0.05) is 22.8 Å². The first-order valence-electron chi connectivity index (χ1n) is 18.8. The normalized spacial score (nSPS) is 13.0. The van der Waals surface area contributed by atoms with Crippen LogP contribution >= 0.6 is 0 Å². The van der Waals surface area contributed by atoms with Crippen molar-refractivity contribution in [2.75, 3.05) is 0 Å². The first-order chi connectivity index (χ1) is 22.4. The van der Waals surface area contributed by atoms with Crippen LogP contribution in [0.4, 0.5) is 0 Å². The molecule has 1 aliphatic rings. The molecule has 46 heavy (non-hydrogen) atoms. The molecule has 2 aromatic carbocycles. The van der Waals surface area contributed by atoms with Gasteiger partial charge in [0.2, 0.25) is 11.4 Å². The van der Waals surface area contributed by atoms with E-state index in [0.29, 0.717) is 0 Å². The Morgan fingerprint density at radius 2 is 0.891 bits per heavy atom. The van der Waals surface area contributed by atoms with Crippen LogP contribution in [0.25, 0.3) is 16.9 Å². The van der Waals surface area contributed by atoms with Crippen molar-refractivity contribution in [1.82, 2.24) is 0 Å². The molecule has 3 rings (SSSR count). The van der Waals surface area contributed by atoms with E-state index in [0.717, 1.165) is 75.6 Å². The summed E-state index contributed by atoms with van der Waals surface area (Å²) in [6.07, 6.45) is 23.2. The average molecular weight is 672 g/mol. The average Bonchev–Trinajstić information content (AvgIpc) is 3.36. The SMILES string of the molecule is CCCCCC1=C(c2cc(CCC)c(CCCC)c(CCC)c2)[N+](=[N-])C(c2cc(CCC)c(CCCC)c(CCC)c2)=C1.[CH3][Ni][CH3]. The molecule has 0 radical (unpaired) electrons. The van der Waals surface area contributed by atoms with Crippen LogP contribution in [-0.4, -0.2) is 4.70 Å². The van der Waals surface area contributed by atoms with Crippen molar-refractivity contribution in [1.29, 1.82) is 0 Å². The number of nitrogens with zero attached hydrogens (tertiary/aromatic N) is 2. The second kappa shape index (κ2) is 22.6. The van der Waals surface area contributed by atoms with Crippen molar-refractivity contribution in [3.05, 3.63) is 86.0 Å². The van der Waals surface area contributed by atoms with Gasteiger partial charge in [0.15, 0.2) is 0 Å². The number of rotatable bonds is 20. The molecule has 1 heterocycles. The van der Waals surface area contributed by atoms with Crippen molar-refractivity contribution in [3.63, 3.8) is 0 Å². The molecule has 0 fully saturated rings. The summed E-state index contributed by atoms with van der Waals surface area (Å²) < 4.78 is 1.57.